The van der Waals surface area contributed by atoms with Crippen molar-refractivity contribution in [1.82, 2.24) is 10.2 Å². The first-order valence-corrected chi connectivity index (χ1v) is 3.61. The number of nitrogens with zero attached hydrogens (tertiary/aromatic N) is 1. The van der Waals surface area contributed by atoms with E-state index < -0.39 is 6.09 Å². The quantitative estimate of drug-likeness (QED) is 0.663. The smallest absolute Gasteiger partial charge is 0.413 e. The summed E-state index contributed by atoms with van der Waals surface area (Å²) in [5, 5.41) is 8.84. The number of aromatic amines is 1. The third-order valence-corrected chi connectivity index (χ3v) is 1.22. The number of carbonyl (C=O) groups excluding carboxylic acids is 1. The van der Waals surface area contributed by atoms with Crippen LogP contribution in [0.25, 0.3) is 0 Å². The molecule has 1 heterocycles. The Morgan fingerprint density at radius 3 is 3.23 bits per heavy atom. The maximum absolute atomic E-state index is 10.9. The van der Waals surface area contributed by atoms with Gasteiger partial charge in [-0.15, -0.1) is 6.42 Å². The molecule has 0 aromatic carbocycles. The average molecular weight is 179 g/mol. The Bertz CT molecular complexity index is 337. The molecule has 68 valence electrons. The molecule has 0 saturated carbocycles. The molecule has 0 saturated heterocycles. The molecule has 0 aliphatic heterocycles. The lowest BCUT2D eigenvalue weighted by atomic mass is 10.5. The number of carbonyl (C=O) groups is 1. The first-order valence-electron chi connectivity index (χ1n) is 3.61. The van der Waals surface area contributed by atoms with Crippen molar-refractivity contribution < 1.29 is 9.53 Å². The molecule has 5 heteroatoms. The number of ether oxygens (including phenoxy) is 1. The molecule has 1 amide bonds. The number of anilines is 1. The van der Waals surface area contributed by atoms with Gasteiger partial charge >= 0.3 is 6.09 Å². The molecule has 0 fully saturated rings. The number of aromatic nitrogens is 2. The molecule has 0 radical (unpaired) electrons. The summed E-state index contributed by atoms with van der Waals surface area (Å²) in [6.45, 7) is 1.78. The molecule has 1 rings (SSSR count). The van der Waals surface area contributed by atoms with Gasteiger partial charge in [0.05, 0.1) is 0 Å². The molecule has 2 N–H and O–H groups in total. The highest BCUT2D eigenvalue weighted by Gasteiger charge is 2.03. The van der Waals surface area contributed by atoms with E-state index >= 15 is 0 Å². The number of amides is 1. The van der Waals surface area contributed by atoms with Crippen LogP contribution in [0.3, 0.4) is 0 Å². The van der Waals surface area contributed by atoms with Gasteiger partial charge in [0.2, 0.25) is 0 Å². The normalized spacial score (nSPS) is 8.92. The monoisotopic (exact) mass is 179 g/mol. The second-order valence-electron chi connectivity index (χ2n) is 2.34. The van der Waals surface area contributed by atoms with Gasteiger partial charge in [-0.05, 0) is 6.92 Å². The summed E-state index contributed by atoms with van der Waals surface area (Å²) >= 11 is 0. The average Bonchev–Trinajstić information content (AvgIpc) is 2.48. The van der Waals surface area contributed by atoms with Gasteiger partial charge in [-0.25, -0.2) is 4.79 Å². The van der Waals surface area contributed by atoms with Crippen LogP contribution < -0.4 is 5.32 Å². The summed E-state index contributed by atoms with van der Waals surface area (Å²) in [6.07, 6.45) is 4.29. The van der Waals surface area contributed by atoms with Gasteiger partial charge in [0.1, 0.15) is 0 Å². The van der Waals surface area contributed by atoms with Crippen molar-refractivity contribution in [2.75, 3.05) is 11.9 Å². The number of nitrogens with one attached hydrogen (secondary N) is 2. The predicted octanol–water partition coefficient (Wildman–Crippen LogP) is 0.900. The van der Waals surface area contributed by atoms with Crippen molar-refractivity contribution in [2.24, 2.45) is 0 Å². The fourth-order valence-electron chi connectivity index (χ4n) is 0.730. The molecule has 0 bridgehead atoms. The van der Waals surface area contributed by atoms with E-state index in [9.17, 15) is 4.79 Å². The minimum absolute atomic E-state index is 0.0464. The fourth-order valence-corrected chi connectivity index (χ4v) is 0.730. The molecule has 0 unspecified atom stereocenters. The number of hydrogen-bond donors (Lipinski definition) is 2. The highest BCUT2D eigenvalue weighted by molar-refractivity contribution is 5.83. The molecule has 1 aromatic rings. The van der Waals surface area contributed by atoms with E-state index in [-0.39, 0.29) is 6.61 Å². The summed E-state index contributed by atoms with van der Waals surface area (Å²) in [6, 6.07) is 1.68. The second kappa shape index (κ2) is 4.16. The molecule has 0 spiro atoms. The molecule has 13 heavy (non-hydrogen) atoms. The van der Waals surface area contributed by atoms with Crippen LogP contribution in [0.2, 0.25) is 0 Å². The molecule has 0 aliphatic rings. The highest BCUT2D eigenvalue weighted by Crippen LogP contribution is 2.03. The Hall–Kier alpha value is -1.96. The van der Waals surface area contributed by atoms with Crippen molar-refractivity contribution in [1.29, 1.82) is 0 Å². The third kappa shape index (κ3) is 2.87. The molecular formula is C8H9N3O2. The lowest BCUT2D eigenvalue weighted by molar-refractivity contribution is 0.176. The maximum atomic E-state index is 10.9. The first kappa shape index (κ1) is 9.13. The Morgan fingerprint density at radius 2 is 2.69 bits per heavy atom. The van der Waals surface area contributed by atoms with Crippen molar-refractivity contribution in [2.45, 2.75) is 6.92 Å². The van der Waals surface area contributed by atoms with Crippen molar-refractivity contribution >= 4 is 11.9 Å². The minimum Gasteiger partial charge on any atom is -0.436 e. The molecule has 5 nitrogen and oxygen atoms in total. The van der Waals surface area contributed by atoms with Gasteiger partial charge < -0.3 is 4.74 Å². The van der Waals surface area contributed by atoms with Crippen molar-refractivity contribution in [3.8, 4) is 12.3 Å². The minimum atomic E-state index is -0.607. The highest BCUT2D eigenvalue weighted by atomic mass is 16.5. The van der Waals surface area contributed by atoms with E-state index in [4.69, 9.17) is 6.42 Å². The lowest BCUT2D eigenvalue weighted by Crippen LogP contribution is -2.13. The largest absolute Gasteiger partial charge is 0.436 e. The number of rotatable bonds is 2. The zero-order valence-electron chi connectivity index (χ0n) is 7.13. The van der Waals surface area contributed by atoms with Crippen LogP contribution in [0.15, 0.2) is 6.07 Å². The Labute approximate surface area is 75.5 Å². The van der Waals surface area contributed by atoms with Crippen molar-refractivity contribution in [3.63, 3.8) is 0 Å². The van der Waals surface area contributed by atoms with E-state index in [2.05, 4.69) is 26.2 Å². The van der Waals surface area contributed by atoms with Gasteiger partial charge in [0.25, 0.3) is 0 Å². The standard InChI is InChI=1S/C8H9N3O2/c1-3-4-13-8(12)9-7-5-6(2)10-11-7/h1,5H,4H2,2H3,(H2,9,10,11,12). The molecular weight excluding hydrogens is 170 g/mol. The molecule has 1 aromatic heterocycles. The van der Waals surface area contributed by atoms with Gasteiger partial charge in [-0.3, -0.25) is 10.4 Å². The van der Waals surface area contributed by atoms with Crippen LogP contribution >= 0.6 is 0 Å². The molecule has 0 aliphatic carbocycles. The number of H-pyrrole nitrogens is 1. The van der Waals surface area contributed by atoms with E-state index in [1.807, 2.05) is 6.92 Å². The summed E-state index contributed by atoms with van der Waals surface area (Å²) in [4.78, 5) is 10.9. The summed E-state index contributed by atoms with van der Waals surface area (Å²) in [5.74, 6) is 2.59. The molecule has 0 atom stereocenters. The number of terminal acetylenes is 1. The van der Waals surface area contributed by atoms with Crippen LogP contribution in [0.4, 0.5) is 10.6 Å². The van der Waals surface area contributed by atoms with Crippen LogP contribution in [-0.4, -0.2) is 22.9 Å². The first-order chi connectivity index (χ1) is 6.22. The summed E-state index contributed by atoms with van der Waals surface area (Å²) in [5.41, 5.74) is 0.854. The predicted molar refractivity (Wildman–Crippen MR) is 47.1 cm³/mol. The van der Waals surface area contributed by atoms with Gasteiger partial charge in [-0.2, -0.15) is 5.10 Å². The topological polar surface area (TPSA) is 67.0 Å². The number of hydrogen-bond acceptors (Lipinski definition) is 3. The Kier molecular flexibility index (Phi) is 2.92. The van der Waals surface area contributed by atoms with E-state index in [0.717, 1.165) is 5.69 Å². The van der Waals surface area contributed by atoms with Crippen LogP contribution in [0.5, 0.6) is 0 Å². The van der Waals surface area contributed by atoms with Crippen LogP contribution in [0, 0.1) is 19.3 Å². The maximum Gasteiger partial charge on any atom is 0.413 e. The van der Waals surface area contributed by atoms with Crippen molar-refractivity contribution in [3.05, 3.63) is 11.8 Å². The summed E-state index contributed by atoms with van der Waals surface area (Å²) in [7, 11) is 0. The van der Waals surface area contributed by atoms with Gasteiger partial charge in [-0.1, -0.05) is 5.92 Å². The Morgan fingerprint density at radius 1 is 1.92 bits per heavy atom. The van der Waals surface area contributed by atoms with Gasteiger partial charge in [0, 0.05) is 11.8 Å². The Balaban J connectivity index is 2.41. The third-order valence-electron chi connectivity index (χ3n) is 1.22. The zero-order valence-corrected chi connectivity index (χ0v) is 7.13. The van der Waals surface area contributed by atoms with E-state index in [1.54, 1.807) is 6.07 Å². The zero-order chi connectivity index (χ0) is 9.68. The second-order valence-corrected chi connectivity index (χ2v) is 2.34. The SMILES string of the molecule is C#CCOC(=O)Nc1cc(C)[nH]n1. The van der Waals surface area contributed by atoms with E-state index in [1.165, 1.54) is 0 Å². The fraction of sp³-hybridized carbons (Fsp3) is 0.250. The lowest BCUT2D eigenvalue weighted by Gasteiger charge is -1.99. The van der Waals surface area contributed by atoms with E-state index in [0.29, 0.717) is 5.82 Å². The van der Waals surface area contributed by atoms with Gasteiger partial charge in [0.15, 0.2) is 12.4 Å². The summed E-state index contributed by atoms with van der Waals surface area (Å²) < 4.78 is 4.56. The van der Waals surface area contributed by atoms with Crippen LogP contribution in [-0.2, 0) is 4.74 Å². The van der Waals surface area contributed by atoms with Crippen LogP contribution in [0.1, 0.15) is 5.69 Å². The number of aryl methyl sites for hydroxylation is 1.